The minimum atomic E-state index is -0.535. The van der Waals surface area contributed by atoms with E-state index >= 15 is 0 Å². The van der Waals surface area contributed by atoms with Crippen LogP contribution in [0.1, 0.15) is 19.8 Å². The van der Waals surface area contributed by atoms with Gasteiger partial charge in [-0.2, -0.15) is 5.10 Å². The Morgan fingerprint density at radius 3 is 2.89 bits per heavy atom. The van der Waals surface area contributed by atoms with Crippen LogP contribution >= 0.6 is 11.6 Å². The first-order valence-electron chi connectivity index (χ1n) is 6.26. The summed E-state index contributed by atoms with van der Waals surface area (Å²) in [6.07, 6.45) is 3.70. The molecule has 0 spiro atoms. The van der Waals surface area contributed by atoms with Crippen molar-refractivity contribution >= 4 is 23.2 Å². The zero-order valence-corrected chi connectivity index (χ0v) is 11.7. The van der Waals surface area contributed by atoms with Crippen molar-refractivity contribution in [3.8, 4) is 0 Å². The van der Waals surface area contributed by atoms with Gasteiger partial charge in [0.1, 0.15) is 11.7 Å². The van der Waals surface area contributed by atoms with Crippen molar-refractivity contribution in [2.75, 3.05) is 12.4 Å². The van der Waals surface area contributed by atoms with E-state index in [-0.39, 0.29) is 22.2 Å². The lowest BCUT2D eigenvalue weighted by Crippen LogP contribution is -2.38. The fourth-order valence-corrected chi connectivity index (χ4v) is 1.95. The Labute approximate surface area is 116 Å². The topological polar surface area (TPSA) is 76.0 Å². The number of hydrogen-bond donors (Lipinski definition) is 2. The van der Waals surface area contributed by atoms with E-state index < -0.39 is 6.04 Å². The monoisotopic (exact) mass is 284 g/mol. The Morgan fingerprint density at radius 2 is 2.32 bits per heavy atom. The number of aromatic nitrogens is 2. The number of likely N-dealkylation sites (N-methyl/N-ethyl adjacent to an activating group) is 1. The molecule has 1 unspecified atom stereocenters. The van der Waals surface area contributed by atoms with Crippen LogP contribution in [0.4, 0.5) is 5.69 Å². The molecule has 2 rings (SSSR count). The van der Waals surface area contributed by atoms with Gasteiger partial charge in [-0.25, -0.2) is 4.68 Å². The molecular formula is C12H17ClN4O2. The standard InChI is InChI=1S/C12H17ClN4O2/c1-7(11(18)14-2)16-10-9(13)5-15-17(12(10)19)6-8-3-4-8/h5,7-8,16H,3-4,6H2,1-2H3,(H,14,18). The second-order valence-electron chi connectivity index (χ2n) is 4.78. The van der Waals surface area contributed by atoms with Gasteiger partial charge in [-0.15, -0.1) is 0 Å². The van der Waals surface area contributed by atoms with Crippen LogP contribution in [0, 0.1) is 5.92 Å². The van der Waals surface area contributed by atoms with E-state index in [9.17, 15) is 9.59 Å². The second kappa shape index (κ2) is 5.61. The fourth-order valence-electron chi connectivity index (χ4n) is 1.77. The third-order valence-corrected chi connectivity index (χ3v) is 3.41. The van der Waals surface area contributed by atoms with Crippen molar-refractivity contribution in [2.24, 2.45) is 5.92 Å². The summed E-state index contributed by atoms with van der Waals surface area (Å²) < 4.78 is 1.41. The third-order valence-electron chi connectivity index (χ3n) is 3.13. The molecule has 6 nitrogen and oxygen atoms in total. The van der Waals surface area contributed by atoms with Gasteiger partial charge in [-0.3, -0.25) is 9.59 Å². The summed E-state index contributed by atoms with van der Waals surface area (Å²) in [5.74, 6) is 0.330. The summed E-state index contributed by atoms with van der Waals surface area (Å²) in [7, 11) is 1.54. The van der Waals surface area contributed by atoms with Gasteiger partial charge in [0.2, 0.25) is 5.91 Å². The molecule has 1 aromatic rings. The highest BCUT2D eigenvalue weighted by Gasteiger charge is 2.24. The molecule has 1 aromatic heterocycles. The van der Waals surface area contributed by atoms with Gasteiger partial charge in [0.25, 0.3) is 5.56 Å². The number of anilines is 1. The summed E-state index contributed by atoms with van der Waals surface area (Å²) in [6, 6.07) is -0.535. The van der Waals surface area contributed by atoms with E-state index in [1.807, 2.05) is 0 Å². The summed E-state index contributed by atoms with van der Waals surface area (Å²) in [5.41, 5.74) is -0.0523. The molecular weight excluding hydrogens is 268 g/mol. The Kier molecular flexibility index (Phi) is 4.09. The van der Waals surface area contributed by atoms with Gasteiger partial charge in [-0.1, -0.05) is 11.6 Å². The lowest BCUT2D eigenvalue weighted by molar-refractivity contribution is -0.121. The molecule has 0 saturated heterocycles. The first-order valence-corrected chi connectivity index (χ1v) is 6.64. The van der Waals surface area contributed by atoms with Gasteiger partial charge in [0, 0.05) is 13.6 Å². The first-order chi connectivity index (χ1) is 9.02. The summed E-state index contributed by atoms with van der Waals surface area (Å²) >= 11 is 5.98. The van der Waals surface area contributed by atoms with E-state index in [0.717, 1.165) is 12.8 Å². The van der Waals surface area contributed by atoms with Gasteiger partial charge >= 0.3 is 0 Å². The van der Waals surface area contributed by atoms with Crippen LogP contribution < -0.4 is 16.2 Å². The van der Waals surface area contributed by atoms with Gasteiger partial charge in [0.05, 0.1) is 11.2 Å². The predicted molar refractivity (Wildman–Crippen MR) is 73.4 cm³/mol. The third kappa shape index (κ3) is 3.26. The Balaban J connectivity index is 2.22. The zero-order chi connectivity index (χ0) is 14.0. The largest absolute Gasteiger partial charge is 0.368 e. The maximum Gasteiger partial charge on any atom is 0.291 e. The Bertz CT molecular complexity index is 539. The SMILES string of the molecule is CNC(=O)C(C)Nc1c(Cl)cnn(CC2CC2)c1=O. The molecule has 1 amide bonds. The molecule has 1 heterocycles. The van der Waals surface area contributed by atoms with Crippen LogP contribution in [0.5, 0.6) is 0 Å². The van der Waals surface area contributed by atoms with E-state index in [1.165, 1.54) is 10.9 Å². The van der Waals surface area contributed by atoms with Crippen LogP contribution in [0.15, 0.2) is 11.0 Å². The molecule has 0 bridgehead atoms. The van der Waals surface area contributed by atoms with E-state index in [2.05, 4.69) is 15.7 Å². The number of halogens is 1. The highest BCUT2D eigenvalue weighted by molar-refractivity contribution is 6.33. The Hall–Kier alpha value is -1.56. The van der Waals surface area contributed by atoms with Crippen molar-refractivity contribution < 1.29 is 4.79 Å². The molecule has 1 atom stereocenters. The van der Waals surface area contributed by atoms with Crippen LogP contribution in [0.2, 0.25) is 5.02 Å². The molecule has 1 fully saturated rings. The van der Waals surface area contributed by atoms with Crippen LogP contribution in [0.25, 0.3) is 0 Å². The minimum absolute atomic E-state index is 0.207. The first kappa shape index (κ1) is 13.9. The maximum atomic E-state index is 12.2. The molecule has 1 aliphatic carbocycles. The molecule has 1 saturated carbocycles. The molecule has 0 radical (unpaired) electrons. The summed E-state index contributed by atoms with van der Waals surface area (Å²) in [5, 5.41) is 9.61. The van der Waals surface area contributed by atoms with Crippen molar-refractivity contribution in [3.05, 3.63) is 21.6 Å². The number of hydrogen-bond acceptors (Lipinski definition) is 4. The lowest BCUT2D eigenvalue weighted by atomic mass is 10.3. The average Bonchev–Trinajstić information content (AvgIpc) is 3.20. The van der Waals surface area contributed by atoms with Crippen molar-refractivity contribution in [1.29, 1.82) is 0 Å². The number of carbonyl (C=O) groups is 1. The smallest absolute Gasteiger partial charge is 0.291 e. The highest BCUT2D eigenvalue weighted by Crippen LogP contribution is 2.30. The van der Waals surface area contributed by atoms with Gasteiger partial charge < -0.3 is 10.6 Å². The molecule has 2 N–H and O–H groups in total. The van der Waals surface area contributed by atoms with Gasteiger partial charge in [-0.05, 0) is 25.7 Å². The minimum Gasteiger partial charge on any atom is -0.368 e. The quantitative estimate of drug-likeness (QED) is 0.841. The van der Waals surface area contributed by atoms with Crippen LogP contribution in [0.3, 0.4) is 0 Å². The summed E-state index contributed by atoms with van der Waals surface area (Å²) in [6.45, 7) is 2.28. The van der Waals surface area contributed by atoms with E-state index in [0.29, 0.717) is 12.5 Å². The number of nitrogens with zero attached hydrogens (tertiary/aromatic N) is 2. The van der Waals surface area contributed by atoms with Crippen LogP contribution in [-0.4, -0.2) is 28.8 Å². The van der Waals surface area contributed by atoms with Crippen molar-refractivity contribution in [2.45, 2.75) is 32.4 Å². The van der Waals surface area contributed by atoms with Gasteiger partial charge in [0.15, 0.2) is 0 Å². The number of nitrogens with one attached hydrogen (secondary N) is 2. The molecule has 1 aliphatic rings. The maximum absolute atomic E-state index is 12.2. The average molecular weight is 285 g/mol. The molecule has 19 heavy (non-hydrogen) atoms. The molecule has 7 heteroatoms. The number of carbonyl (C=O) groups excluding carboxylic acids is 1. The van der Waals surface area contributed by atoms with E-state index in [4.69, 9.17) is 11.6 Å². The lowest BCUT2D eigenvalue weighted by Gasteiger charge is -2.15. The zero-order valence-electron chi connectivity index (χ0n) is 10.9. The summed E-state index contributed by atoms with van der Waals surface area (Å²) in [4.78, 5) is 23.7. The number of amides is 1. The highest BCUT2D eigenvalue weighted by atomic mass is 35.5. The molecule has 0 aliphatic heterocycles. The Morgan fingerprint density at radius 1 is 1.63 bits per heavy atom. The van der Waals surface area contributed by atoms with E-state index in [1.54, 1.807) is 14.0 Å². The predicted octanol–water partition coefficient (Wildman–Crippen LogP) is 0.853. The number of rotatable bonds is 5. The van der Waals surface area contributed by atoms with Crippen LogP contribution in [-0.2, 0) is 11.3 Å². The normalized spacial score (nSPS) is 15.9. The molecule has 0 aromatic carbocycles. The molecule has 104 valence electrons. The fraction of sp³-hybridized carbons (Fsp3) is 0.583. The van der Waals surface area contributed by atoms with Crippen molar-refractivity contribution in [1.82, 2.24) is 15.1 Å². The van der Waals surface area contributed by atoms with Crippen molar-refractivity contribution in [3.63, 3.8) is 0 Å². The second-order valence-corrected chi connectivity index (χ2v) is 5.19.